The minimum atomic E-state index is -1.35. The van der Waals surface area contributed by atoms with E-state index in [1.807, 2.05) is 0 Å². The number of nitrogens with zero attached hydrogens (tertiary/aromatic N) is 1. The first-order chi connectivity index (χ1) is 8.02. The molecule has 0 saturated carbocycles. The van der Waals surface area contributed by atoms with E-state index in [1.54, 1.807) is 0 Å². The Hall–Kier alpha value is -2.24. The van der Waals surface area contributed by atoms with Gasteiger partial charge in [0.1, 0.15) is 0 Å². The zero-order valence-electron chi connectivity index (χ0n) is 9.11. The van der Waals surface area contributed by atoms with Crippen LogP contribution in [0.15, 0.2) is 18.3 Å². The summed E-state index contributed by atoms with van der Waals surface area (Å²) in [5, 5.41) is 11.2. The fourth-order valence-corrected chi connectivity index (χ4v) is 1.11. The highest BCUT2D eigenvalue weighted by molar-refractivity contribution is 5.88. The Morgan fingerprint density at radius 2 is 2.29 bits per heavy atom. The molecule has 0 aromatic carbocycles. The molecule has 0 aliphatic carbocycles. The minimum Gasteiger partial charge on any atom is -0.478 e. The number of carbonyl (C=O) groups excluding carboxylic acids is 1. The van der Waals surface area contributed by atoms with Gasteiger partial charge in [0.15, 0.2) is 5.82 Å². The predicted octanol–water partition coefficient (Wildman–Crippen LogP) is 1.07. The van der Waals surface area contributed by atoms with Gasteiger partial charge in [0.05, 0.1) is 11.3 Å². The van der Waals surface area contributed by atoms with Gasteiger partial charge in [-0.05, 0) is 12.1 Å². The van der Waals surface area contributed by atoms with Gasteiger partial charge in [-0.3, -0.25) is 9.78 Å². The highest BCUT2D eigenvalue weighted by atomic mass is 19.1. The highest BCUT2D eigenvalue weighted by Gasteiger charge is 2.12. The van der Waals surface area contributed by atoms with Crippen molar-refractivity contribution >= 4 is 18.0 Å². The molecule has 0 atom stereocenters. The van der Waals surface area contributed by atoms with Gasteiger partial charge in [-0.1, -0.05) is 6.08 Å². The van der Waals surface area contributed by atoms with Crippen LogP contribution in [-0.2, 0) is 4.79 Å². The third-order valence-electron chi connectivity index (χ3n) is 1.89. The number of amides is 1. The van der Waals surface area contributed by atoms with Crippen molar-refractivity contribution in [1.29, 1.82) is 0 Å². The van der Waals surface area contributed by atoms with Crippen molar-refractivity contribution in [2.75, 3.05) is 6.54 Å². The third kappa shape index (κ3) is 3.67. The lowest BCUT2D eigenvalue weighted by atomic mass is 10.2. The quantitative estimate of drug-likeness (QED) is 0.822. The molecule has 2 N–H and O–H groups in total. The average Bonchev–Trinajstić information content (AvgIpc) is 2.25. The van der Waals surface area contributed by atoms with Gasteiger partial charge in [-0.15, -0.1) is 0 Å². The van der Waals surface area contributed by atoms with Crippen molar-refractivity contribution in [1.82, 2.24) is 10.3 Å². The normalized spacial score (nSPS) is 10.5. The van der Waals surface area contributed by atoms with Crippen LogP contribution in [0.5, 0.6) is 0 Å². The van der Waals surface area contributed by atoms with Gasteiger partial charge >= 0.3 is 5.97 Å². The molecule has 1 aromatic heterocycles. The summed E-state index contributed by atoms with van der Waals surface area (Å²) < 4.78 is 13.5. The Balaban J connectivity index is 2.81. The molecular weight excluding hydrogens is 227 g/mol. The summed E-state index contributed by atoms with van der Waals surface area (Å²) >= 11 is 0. The zero-order chi connectivity index (χ0) is 12.8. The number of carbonyl (C=O) groups is 2. The molecule has 90 valence electrons. The molecule has 1 heterocycles. The molecule has 1 aromatic rings. The SMILES string of the molecule is CC(=O)NCC=Cc1nccc(C(=O)O)c1F. The lowest BCUT2D eigenvalue weighted by Gasteiger charge is -2.00. The number of aromatic nitrogens is 1. The molecule has 17 heavy (non-hydrogen) atoms. The van der Waals surface area contributed by atoms with Crippen LogP contribution in [0, 0.1) is 5.82 Å². The smallest absolute Gasteiger partial charge is 0.338 e. The molecular formula is C11H11FN2O3. The summed E-state index contributed by atoms with van der Waals surface area (Å²) in [6.07, 6.45) is 4.01. The lowest BCUT2D eigenvalue weighted by Crippen LogP contribution is -2.19. The van der Waals surface area contributed by atoms with E-state index in [0.717, 1.165) is 6.07 Å². The number of carboxylic acids is 1. The van der Waals surface area contributed by atoms with Crippen LogP contribution in [0.25, 0.3) is 6.08 Å². The maximum Gasteiger partial charge on any atom is 0.338 e. The van der Waals surface area contributed by atoms with Crippen molar-refractivity contribution < 1.29 is 19.1 Å². The molecule has 0 unspecified atom stereocenters. The molecule has 1 amide bonds. The topological polar surface area (TPSA) is 79.3 Å². The molecule has 6 heteroatoms. The van der Waals surface area contributed by atoms with E-state index in [1.165, 1.54) is 25.3 Å². The van der Waals surface area contributed by atoms with Crippen LogP contribution in [-0.4, -0.2) is 28.5 Å². The Morgan fingerprint density at radius 3 is 2.88 bits per heavy atom. The number of halogens is 1. The van der Waals surface area contributed by atoms with E-state index < -0.39 is 17.3 Å². The van der Waals surface area contributed by atoms with Crippen LogP contribution in [0.4, 0.5) is 4.39 Å². The number of nitrogens with one attached hydrogen (secondary N) is 1. The van der Waals surface area contributed by atoms with Crippen molar-refractivity contribution in [2.45, 2.75) is 6.92 Å². The van der Waals surface area contributed by atoms with Crippen molar-refractivity contribution in [3.05, 3.63) is 35.4 Å². The average molecular weight is 238 g/mol. The first kappa shape index (κ1) is 12.8. The van der Waals surface area contributed by atoms with Gasteiger partial charge < -0.3 is 10.4 Å². The monoisotopic (exact) mass is 238 g/mol. The van der Waals surface area contributed by atoms with Crippen molar-refractivity contribution in [3.63, 3.8) is 0 Å². The van der Waals surface area contributed by atoms with Gasteiger partial charge in [0, 0.05) is 19.7 Å². The van der Waals surface area contributed by atoms with E-state index >= 15 is 0 Å². The molecule has 0 fully saturated rings. The lowest BCUT2D eigenvalue weighted by molar-refractivity contribution is -0.118. The minimum absolute atomic E-state index is 0.0738. The molecule has 0 spiro atoms. The molecule has 1 rings (SSSR count). The summed E-state index contributed by atoms with van der Waals surface area (Å²) in [5.41, 5.74) is -0.505. The fourth-order valence-electron chi connectivity index (χ4n) is 1.11. The van der Waals surface area contributed by atoms with Gasteiger partial charge in [0.25, 0.3) is 0 Å². The second-order valence-corrected chi connectivity index (χ2v) is 3.20. The van der Waals surface area contributed by atoms with E-state index in [9.17, 15) is 14.0 Å². The Kier molecular flexibility index (Phi) is 4.33. The summed E-state index contributed by atoms with van der Waals surface area (Å²) in [6.45, 7) is 1.59. The summed E-state index contributed by atoms with van der Waals surface area (Å²) in [7, 11) is 0. The Morgan fingerprint density at radius 1 is 1.59 bits per heavy atom. The third-order valence-corrected chi connectivity index (χ3v) is 1.89. The van der Waals surface area contributed by atoms with Crippen LogP contribution in [0.3, 0.4) is 0 Å². The largest absolute Gasteiger partial charge is 0.478 e. The van der Waals surface area contributed by atoms with Gasteiger partial charge in [-0.25, -0.2) is 9.18 Å². The van der Waals surface area contributed by atoms with Crippen LogP contribution < -0.4 is 5.32 Å². The van der Waals surface area contributed by atoms with E-state index in [0.29, 0.717) is 0 Å². The molecule has 5 nitrogen and oxygen atoms in total. The second-order valence-electron chi connectivity index (χ2n) is 3.20. The summed E-state index contributed by atoms with van der Waals surface area (Å²) in [6, 6.07) is 1.09. The molecule has 0 aliphatic rings. The van der Waals surface area contributed by atoms with Gasteiger partial charge in [0.2, 0.25) is 5.91 Å². The molecule has 0 saturated heterocycles. The maximum atomic E-state index is 13.5. The number of hydrogen-bond donors (Lipinski definition) is 2. The first-order valence-corrected chi connectivity index (χ1v) is 4.81. The van der Waals surface area contributed by atoms with E-state index in [-0.39, 0.29) is 18.1 Å². The Bertz CT molecular complexity index is 472. The standard InChI is InChI=1S/C11H11FN2O3/c1-7(15)13-5-2-3-9-10(12)8(11(16)17)4-6-14-9/h2-4,6H,5H2,1H3,(H,13,15)(H,16,17). The fraction of sp³-hybridized carbons (Fsp3) is 0.182. The number of hydrogen-bond acceptors (Lipinski definition) is 3. The number of carboxylic acid groups (broad SMARTS) is 1. The Labute approximate surface area is 97.0 Å². The van der Waals surface area contributed by atoms with Crippen molar-refractivity contribution in [2.24, 2.45) is 0 Å². The number of pyridine rings is 1. The van der Waals surface area contributed by atoms with Crippen LogP contribution in [0.1, 0.15) is 23.0 Å². The second kappa shape index (κ2) is 5.74. The maximum absolute atomic E-state index is 13.5. The zero-order valence-corrected chi connectivity index (χ0v) is 9.11. The number of rotatable bonds is 4. The van der Waals surface area contributed by atoms with E-state index in [4.69, 9.17) is 5.11 Å². The van der Waals surface area contributed by atoms with Crippen molar-refractivity contribution in [3.8, 4) is 0 Å². The van der Waals surface area contributed by atoms with Gasteiger partial charge in [-0.2, -0.15) is 0 Å². The highest BCUT2D eigenvalue weighted by Crippen LogP contribution is 2.11. The first-order valence-electron chi connectivity index (χ1n) is 4.81. The van der Waals surface area contributed by atoms with E-state index in [2.05, 4.69) is 10.3 Å². The van der Waals surface area contributed by atoms with Crippen LogP contribution >= 0.6 is 0 Å². The predicted molar refractivity (Wildman–Crippen MR) is 58.9 cm³/mol. The molecule has 0 bridgehead atoms. The molecule has 0 aliphatic heterocycles. The number of aromatic carboxylic acids is 1. The molecule has 0 radical (unpaired) electrons. The summed E-state index contributed by atoms with van der Waals surface area (Å²) in [4.78, 5) is 24.9. The van der Waals surface area contributed by atoms with Crippen LogP contribution in [0.2, 0.25) is 0 Å². The summed E-state index contributed by atoms with van der Waals surface area (Å²) in [5.74, 6) is -2.44.